The molecular formula is C15H16N2O4. The molecule has 0 aliphatic carbocycles. The molecule has 21 heavy (non-hydrogen) atoms. The van der Waals surface area contributed by atoms with E-state index in [1.54, 1.807) is 20.0 Å². The van der Waals surface area contributed by atoms with E-state index in [2.05, 4.69) is 0 Å². The quantitative estimate of drug-likeness (QED) is 0.677. The number of rotatable bonds is 2. The van der Waals surface area contributed by atoms with Crippen molar-refractivity contribution in [3.05, 3.63) is 33.9 Å². The minimum atomic E-state index is -0.422. The fraction of sp³-hybridized carbons (Fsp3) is 0.333. The van der Waals surface area contributed by atoms with E-state index in [0.717, 1.165) is 16.6 Å². The second kappa shape index (κ2) is 4.51. The molecule has 3 aromatic rings. The fourth-order valence-electron chi connectivity index (χ4n) is 2.64. The summed E-state index contributed by atoms with van der Waals surface area (Å²) in [6.07, 6.45) is 0. The first-order valence-corrected chi connectivity index (χ1v) is 6.71. The average molecular weight is 288 g/mol. The van der Waals surface area contributed by atoms with Gasteiger partial charge in [-0.1, -0.05) is 0 Å². The molecule has 0 saturated heterocycles. The lowest BCUT2D eigenvalue weighted by atomic mass is 10.1. The van der Waals surface area contributed by atoms with Gasteiger partial charge in [0, 0.05) is 25.2 Å². The number of aromatic nitrogens is 2. The predicted molar refractivity (Wildman–Crippen MR) is 78.6 cm³/mol. The van der Waals surface area contributed by atoms with Crippen molar-refractivity contribution >= 4 is 28.0 Å². The summed E-state index contributed by atoms with van der Waals surface area (Å²) in [5.74, 6) is -0.784. The average Bonchev–Trinajstić information content (AvgIpc) is 2.85. The van der Waals surface area contributed by atoms with E-state index in [4.69, 9.17) is 9.15 Å². The highest BCUT2D eigenvalue weighted by atomic mass is 16.5. The lowest BCUT2D eigenvalue weighted by Crippen LogP contribution is -2.08. The van der Waals surface area contributed by atoms with Gasteiger partial charge in [0.1, 0.15) is 0 Å². The molecule has 0 N–H and O–H groups in total. The van der Waals surface area contributed by atoms with Crippen molar-refractivity contribution in [2.45, 2.75) is 13.8 Å². The molecule has 0 bridgehead atoms. The molecule has 2 aromatic heterocycles. The Morgan fingerprint density at radius 3 is 2.62 bits per heavy atom. The first kappa shape index (κ1) is 13.5. The van der Waals surface area contributed by atoms with Crippen molar-refractivity contribution < 1.29 is 13.9 Å². The van der Waals surface area contributed by atoms with Gasteiger partial charge in [-0.25, -0.2) is 9.59 Å². The minimum absolute atomic E-state index is 0.317. The SMILES string of the molecule is CCOC(=O)c1c(C)n(C)c2cc3c(cc12)oc(=O)n3C. The van der Waals surface area contributed by atoms with Crippen LogP contribution in [-0.2, 0) is 18.8 Å². The number of carbonyl (C=O) groups excluding carboxylic acids is 1. The van der Waals surface area contributed by atoms with Crippen LogP contribution in [0.2, 0.25) is 0 Å². The van der Waals surface area contributed by atoms with E-state index in [1.807, 2.05) is 24.6 Å². The standard InChI is InChI=1S/C15H16N2O4/c1-5-20-14(18)13-8(2)16(3)10-7-11-12(6-9(10)13)21-15(19)17(11)4/h6-7H,5H2,1-4H3. The summed E-state index contributed by atoms with van der Waals surface area (Å²) < 4.78 is 13.7. The van der Waals surface area contributed by atoms with Gasteiger partial charge in [0.25, 0.3) is 0 Å². The smallest absolute Gasteiger partial charge is 0.419 e. The maximum atomic E-state index is 12.2. The van der Waals surface area contributed by atoms with Gasteiger partial charge in [0.2, 0.25) is 0 Å². The van der Waals surface area contributed by atoms with E-state index in [0.29, 0.717) is 23.3 Å². The second-order valence-corrected chi connectivity index (χ2v) is 5.00. The molecule has 1 aromatic carbocycles. The van der Waals surface area contributed by atoms with Crippen LogP contribution in [0.25, 0.3) is 22.0 Å². The van der Waals surface area contributed by atoms with Crippen LogP contribution in [0.15, 0.2) is 21.3 Å². The first-order valence-electron chi connectivity index (χ1n) is 6.71. The molecule has 0 aliphatic heterocycles. The Morgan fingerprint density at radius 1 is 1.24 bits per heavy atom. The van der Waals surface area contributed by atoms with Crippen LogP contribution >= 0.6 is 0 Å². The number of esters is 1. The Balaban J connectivity index is 2.41. The molecule has 3 rings (SSSR count). The molecule has 0 amide bonds. The van der Waals surface area contributed by atoms with E-state index >= 15 is 0 Å². The zero-order valence-corrected chi connectivity index (χ0v) is 12.4. The van der Waals surface area contributed by atoms with Gasteiger partial charge in [-0.05, 0) is 26.0 Å². The molecule has 0 radical (unpaired) electrons. The van der Waals surface area contributed by atoms with Gasteiger partial charge < -0.3 is 13.7 Å². The third-order valence-electron chi connectivity index (χ3n) is 3.88. The van der Waals surface area contributed by atoms with E-state index in [1.165, 1.54) is 4.57 Å². The van der Waals surface area contributed by atoms with Crippen LogP contribution < -0.4 is 5.76 Å². The highest BCUT2D eigenvalue weighted by molar-refractivity contribution is 6.08. The highest BCUT2D eigenvalue weighted by Gasteiger charge is 2.21. The van der Waals surface area contributed by atoms with Gasteiger partial charge in [0.15, 0.2) is 5.58 Å². The highest BCUT2D eigenvalue weighted by Crippen LogP contribution is 2.29. The third-order valence-corrected chi connectivity index (χ3v) is 3.88. The topological polar surface area (TPSA) is 66.4 Å². The van der Waals surface area contributed by atoms with Crippen LogP contribution in [-0.4, -0.2) is 21.7 Å². The van der Waals surface area contributed by atoms with E-state index < -0.39 is 5.76 Å². The predicted octanol–water partition coefficient (Wildman–Crippen LogP) is 2.11. The summed E-state index contributed by atoms with van der Waals surface area (Å²) in [5, 5.41) is 0.732. The fourth-order valence-corrected chi connectivity index (χ4v) is 2.64. The van der Waals surface area contributed by atoms with Crippen molar-refractivity contribution in [1.82, 2.24) is 9.13 Å². The lowest BCUT2D eigenvalue weighted by molar-refractivity contribution is 0.0527. The Labute approximate surface area is 120 Å². The van der Waals surface area contributed by atoms with Crippen molar-refractivity contribution in [2.75, 3.05) is 6.61 Å². The molecule has 0 spiro atoms. The summed E-state index contributed by atoms with van der Waals surface area (Å²) in [7, 11) is 3.53. The number of ether oxygens (including phenoxy) is 1. The monoisotopic (exact) mass is 288 g/mol. The number of fused-ring (bicyclic) bond motifs is 2. The van der Waals surface area contributed by atoms with Crippen LogP contribution in [0.1, 0.15) is 23.0 Å². The van der Waals surface area contributed by atoms with E-state index in [-0.39, 0.29) is 5.97 Å². The summed E-state index contributed by atoms with van der Waals surface area (Å²) in [6.45, 7) is 3.96. The lowest BCUT2D eigenvalue weighted by Gasteiger charge is -2.02. The molecule has 0 fully saturated rings. The van der Waals surface area contributed by atoms with Gasteiger partial charge in [0.05, 0.1) is 23.2 Å². The Morgan fingerprint density at radius 2 is 1.95 bits per heavy atom. The first-order chi connectivity index (χ1) is 9.95. The number of hydrogen-bond acceptors (Lipinski definition) is 4. The number of aryl methyl sites for hydroxylation is 2. The van der Waals surface area contributed by atoms with Crippen molar-refractivity contribution in [1.29, 1.82) is 0 Å². The molecule has 6 nitrogen and oxygen atoms in total. The molecule has 0 aliphatic rings. The molecule has 0 atom stereocenters. The summed E-state index contributed by atoms with van der Waals surface area (Å²) in [6, 6.07) is 3.58. The molecule has 6 heteroatoms. The maximum Gasteiger partial charge on any atom is 0.419 e. The van der Waals surface area contributed by atoms with Gasteiger partial charge in [-0.3, -0.25) is 4.57 Å². The Kier molecular flexibility index (Phi) is 2.90. The molecule has 0 unspecified atom stereocenters. The van der Waals surface area contributed by atoms with E-state index in [9.17, 15) is 9.59 Å². The summed E-state index contributed by atoms with van der Waals surface area (Å²) >= 11 is 0. The largest absolute Gasteiger partial charge is 0.462 e. The zero-order valence-electron chi connectivity index (χ0n) is 12.4. The molecule has 2 heterocycles. The van der Waals surface area contributed by atoms with Gasteiger partial charge >= 0.3 is 11.7 Å². The summed E-state index contributed by atoms with van der Waals surface area (Å²) in [4.78, 5) is 23.8. The number of hydrogen-bond donors (Lipinski definition) is 0. The van der Waals surface area contributed by atoms with Gasteiger partial charge in [-0.2, -0.15) is 0 Å². The van der Waals surface area contributed by atoms with Crippen LogP contribution in [0.3, 0.4) is 0 Å². The molecule has 110 valence electrons. The second-order valence-electron chi connectivity index (χ2n) is 5.00. The zero-order chi connectivity index (χ0) is 15.3. The number of carbonyl (C=O) groups is 1. The number of nitrogens with zero attached hydrogens (tertiary/aromatic N) is 2. The van der Waals surface area contributed by atoms with Crippen molar-refractivity contribution in [3.63, 3.8) is 0 Å². The number of oxazole rings is 1. The van der Waals surface area contributed by atoms with Crippen LogP contribution in [0, 0.1) is 6.92 Å². The third kappa shape index (κ3) is 1.79. The van der Waals surface area contributed by atoms with Crippen LogP contribution in [0.5, 0.6) is 0 Å². The van der Waals surface area contributed by atoms with Crippen molar-refractivity contribution in [2.24, 2.45) is 14.1 Å². The van der Waals surface area contributed by atoms with Crippen LogP contribution in [0.4, 0.5) is 0 Å². The molecule has 0 saturated carbocycles. The normalized spacial score (nSPS) is 11.4. The molecular weight excluding hydrogens is 272 g/mol. The summed E-state index contributed by atoms with van der Waals surface area (Å²) in [5.41, 5.74) is 3.36. The maximum absolute atomic E-state index is 12.2. The minimum Gasteiger partial charge on any atom is -0.462 e. The number of benzene rings is 1. The Bertz CT molecular complexity index is 927. The van der Waals surface area contributed by atoms with Crippen molar-refractivity contribution in [3.8, 4) is 0 Å². The van der Waals surface area contributed by atoms with Gasteiger partial charge in [-0.15, -0.1) is 0 Å². The Hall–Kier alpha value is -2.50.